The second-order valence-corrected chi connectivity index (χ2v) is 6.59. The Labute approximate surface area is 123 Å². The Morgan fingerprint density at radius 1 is 1.19 bits per heavy atom. The van der Waals surface area contributed by atoms with Gasteiger partial charge in [0.15, 0.2) is 0 Å². The molecule has 1 aromatic carbocycles. The predicted octanol–water partition coefficient (Wildman–Crippen LogP) is 3.15. The van der Waals surface area contributed by atoms with Crippen molar-refractivity contribution < 1.29 is 14.0 Å². The number of benzene rings is 1. The number of halogens is 1. The van der Waals surface area contributed by atoms with Crippen molar-refractivity contribution in [2.75, 3.05) is 0 Å². The summed E-state index contributed by atoms with van der Waals surface area (Å²) in [5, 5.41) is 2.39. The smallest absolute Gasteiger partial charge is 0.234 e. The molecule has 4 heteroatoms. The van der Waals surface area contributed by atoms with Crippen LogP contribution in [-0.4, -0.2) is 11.8 Å². The monoisotopic (exact) mass is 289 g/mol. The molecule has 2 fully saturated rings. The molecule has 0 bridgehead atoms. The quantitative estimate of drug-likeness (QED) is 0.807. The average molecular weight is 289 g/mol. The molecule has 3 rings (SSSR count). The van der Waals surface area contributed by atoms with Crippen LogP contribution in [0.3, 0.4) is 0 Å². The molecule has 1 saturated heterocycles. The van der Waals surface area contributed by atoms with Crippen LogP contribution in [0.5, 0.6) is 0 Å². The number of nitrogens with one attached hydrogen (secondary N) is 1. The third-order valence-electron chi connectivity index (χ3n) is 5.14. The lowest BCUT2D eigenvalue weighted by molar-refractivity contribution is -0.141. The molecule has 1 aliphatic carbocycles. The first-order chi connectivity index (χ1) is 10.0. The molecule has 1 aromatic rings. The van der Waals surface area contributed by atoms with Gasteiger partial charge in [-0.2, -0.15) is 0 Å². The first-order valence-electron chi connectivity index (χ1n) is 7.60. The maximum Gasteiger partial charge on any atom is 0.234 e. The third kappa shape index (κ3) is 2.47. The van der Waals surface area contributed by atoms with Gasteiger partial charge in [0.1, 0.15) is 5.82 Å². The Kier molecular flexibility index (Phi) is 3.56. The van der Waals surface area contributed by atoms with Crippen LogP contribution in [0, 0.1) is 17.2 Å². The Morgan fingerprint density at radius 2 is 1.86 bits per heavy atom. The van der Waals surface area contributed by atoms with Crippen LogP contribution in [0.2, 0.25) is 0 Å². The van der Waals surface area contributed by atoms with E-state index in [2.05, 4.69) is 12.2 Å². The lowest BCUT2D eigenvalue weighted by atomic mass is 9.58. The van der Waals surface area contributed by atoms with E-state index in [9.17, 15) is 14.0 Å². The topological polar surface area (TPSA) is 46.2 Å². The van der Waals surface area contributed by atoms with Gasteiger partial charge in [-0.15, -0.1) is 0 Å². The highest BCUT2D eigenvalue weighted by Gasteiger charge is 2.50. The fourth-order valence-electron chi connectivity index (χ4n) is 3.94. The molecule has 1 spiro atoms. The van der Waals surface area contributed by atoms with E-state index in [1.54, 1.807) is 18.2 Å². The standard InChI is InChI=1S/C17H20FNO2/c1-11-6-8-17(9-7-11)10-14(20)19-16(21)15(17)12-4-2-3-5-13(12)18/h2-5,11,15H,6-10H2,1H3,(H,19,20,21). The highest BCUT2D eigenvalue weighted by atomic mass is 19.1. The highest BCUT2D eigenvalue weighted by Crippen LogP contribution is 2.52. The van der Waals surface area contributed by atoms with E-state index < -0.39 is 11.3 Å². The lowest BCUT2D eigenvalue weighted by Gasteiger charge is -2.46. The van der Waals surface area contributed by atoms with E-state index in [1.165, 1.54) is 6.07 Å². The van der Waals surface area contributed by atoms with Gasteiger partial charge < -0.3 is 0 Å². The van der Waals surface area contributed by atoms with Crippen LogP contribution < -0.4 is 5.32 Å². The fraction of sp³-hybridized carbons (Fsp3) is 0.529. The molecule has 3 nitrogen and oxygen atoms in total. The summed E-state index contributed by atoms with van der Waals surface area (Å²) in [4.78, 5) is 24.3. The Balaban J connectivity index is 2.03. The average Bonchev–Trinajstić information content (AvgIpc) is 2.43. The number of carbonyl (C=O) groups is 2. The minimum atomic E-state index is -0.552. The Morgan fingerprint density at radius 3 is 2.52 bits per heavy atom. The largest absolute Gasteiger partial charge is 0.296 e. The molecule has 1 heterocycles. The zero-order valence-electron chi connectivity index (χ0n) is 12.2. The van der Waals surface area contributed by atoms with Crippen LogP contribution in [0.1, 0.15) is 50.5 Å². The van der Waals surface area contributed by atoms with Crippen LogP contribution in [0.25, 0.3) is 0 Å². The summed E-state index contributed by atoms with van der Waals surface area (Å²) in [6.07, 6.45) is 3.93. The van der Waals surface area contributed by atoms with E-state index in [1.807, 2.05) is 0 Å². The number of piperidine rings is 1. The first kappa shape index (κ1) is 14.2. The summed E-state index contributed by atoms with van der Waals surface area (Å²) in [5.74, 6) is -0.862. The van der Waals surface area contributed by atoms with Crippen molar-refractivity contribution in [1.29, 1.82) is 0 Å². The molecule has 1 atom stereocenters. The molecule has 2 amide bonds. The molecule has 112 valence electrons. The van der Waals surface area contributed by atoms with Crippen molar-refractivity contribution in [3.8, 4) is 0 Å². The van der Waals surface area contributed by atoms with Crippen molar-refractivity contribution in [2.24, 2.45) is 11.3 Å². The number of hydrogen-bond donors (Lipinski definition) is 1. The minimum absolute atomic E-state index is 0.220. The molecule has 1 unspecified atom stereocenters. The maximum absolute atomic E-state index is 14.2. The van der Waals surface area contributed by atoms with E-state index in [4.69, 9.17) is 0 Å². The van der Waals surface area contributed by atoms with Crippen molar-refractivity contribution in [1.82, 2.24) is 5.32 Å². The number of carbonyl (C=O) groups excluding carboxylic acids is 2. The van der Waals surface area contributed by atoms with Gasteiger partial charge in [-0.1, -0.05) is 38.0 Å². The van der Waals surface area contributed by atoms with Gasteiger partial charge in [-0.25, -0.2) is 4.39 Å². The normalized spacial score (nSPS) is 33.0. The van der Waals surface area contributed by atoms with Gasteiger partial charge in [0.2, 0.25) is 11.8 Å². The molecule has 0 radical (unpaired) electrons. The van der Waals surface area contributed by atoms with Gasteiger partial charge in [-0.05, 0) is 30.2 Å². The number of imide groups is 1. The predicted molar refractivity (Wildman–Crippen MR) is 77.0 cm³/mol. The van der Waals surface area contributed by atoms with Crippen molar-refractivity contribution >= 4 is 11.8 Å². The first-order valence-corrected chi connectivity index (χ1v) is 7.60. The molecule has 1 saturated carbocycles. The van der Waals surface area contributed by atoms with Gasteiger partial charge in [-0.3, -0.25) is 14.9 Å². The van der Waals surface area contributed by atoms with Crippen molar-refractivity contribution in [3.05, 3.63) is 35.6 Å². The fourth-order valence-corrected chi connectivity index (χ4v) is 3.94. The second kappa shape index (κ2) is 5.24. The summed E-state index contributed by atoms with van der Waals surface area (Å²) in [7, 11) is 0. The van der Waals surface area contributed by atoms with E-state index in [0.29, 0.717) is 17.9 Å². The minimum Gasteiger partial charge on any atom is -0.296 e. The van der Waals surface area contributed by atoms with Crippen LogP contribution in [-0.2, 0) is 9.59 Å². The molecular formula is C17H20FNO2. The second-order valence-electron chi connectivity index (χ2n) is 6.59. The summed E-state index contributed by atoms with van der Waals surface area (Å²) in [6.45, 7) is 2.19. The van der Waals surface area contributed by atoms with Crippen LogP contribution in [0.15, 0.2) is 24.3 Å². The van der Waals surface area contributed by atoms with Crippen molar-refractivity contribution in [2.45, 2.75) is 44.9 Å². The Bertz CT molecular complexity index is 576. The zero-order chi connectivity index (χ0) is 15.0. The number of amides is 2. The summed E-state index contributed by atoms with van der Waals surface area (Å²) >= 11 is 0. The van der Waals surface area contributed by atoms with E-state index >= 15 is 0 Å². The van der Waals surface area contributed by atoms with Gasteiger partial charge in [0.05, 0.1) is 5.92 Å². The molecule has 1 aliphatic heterocycles. The van der Waals surface area contributed by atoms with Gasteiger partial charge in [0.25, 0.3) is 0 Å². The summed E-state index contributed by atoms with van der Waals surface area (Å²) in [5.41, 5.74) is 0.0192. The van der Waals surface area contributed by atoms with E-state index in [-0.39, 0.29) is 17.6 Å². The van der Waals surface area contributed by atoms with Gasteiger partial charge in [0, 0.05) is 12.0 Å². The summed E-state index contributed by atoms with van der Waals surface area (Å²) in [6, 6.07) is 6.44. The number of hydrogen-bond acceptors (Lipinski definition) is 2. The van der Waals surface area contributed by atoms with Gasteiger partial charge >= 0.3 is 0 Å². The third-order valence-corrected chi connectivity index (χ3v) is 5.14. The molecule has 2 aliphatic rings. The molecule has 1 N–H and O–H groups in total. The van der Waals surface area contributed by atoms with E-state index in [0.717, 1.165) is 25.7 Å². The highest BCUT2D eigenvalue weighted by molar-refractivity contribution is 6.02. The summed E-state index contributed by atoms with van der Waals surface area (Å²) < 4.78 is 14.2. The maximum atomic E-state index is 14.2. The molecule has 21 heavy (non-hydrogen) atoms. The SMILES string of the molecule is CC1CCC2(CC1)CC(=O)NC(=O)C2c1ccccc1F. The number of rotatable bonds is 1. The van der Waals surface area contributed by atoms with Crippen LogP contribution >= 0.6 is 0 Å². The van der Waals surface area contributed by atoms with Crippen molar-refractivity contribution in [3.63, 3.8) is 0 Å². The zero-order valence-corrected chi connectivity index (χ0v) is 12.2. The van der Waals surface area contributed by atoms with Crippen LogP contribution in [0.4, 0.5) is 4.39 Å². The Hall–Kier alpha value is -1.71. The lowest BCUT2D eigenvalue weighted by Crippen LogP contribution is -2.52. The molecule has 0 aromatic heterocycles. The molecular weight excluding hydrogens is 269 g/mol.